The average molecular weight is 403 g/mol. The van der Waals surface area contributed by atoms with E-state index in [0.717, 1.165) is 0 Å². The van der Waals surface area contributed by atoms with Crippen molar-refractivity contribution in [1.29, 1.82) is 0 Å². The Labute approximate surface area is 156 Å². The number of benzene rings is 1. The van der Waals surface area contributed by atoms with E-state index >= 15 is 0 Å². The molecule has 27 heavy (non-hydrogen) atoms. The molecule has 0 bridgehead atoms. The lowest BCUT2D eigenvalue weighted by Crippen LogP contribution is -2.22. The highest BCUT2D eigenvalue weighted by atomic mass is 31.2. The molecule has 1 rings (SSSR count). The van der Waals surface area contributed by atoms with Gasteiger partial charge in [0.05, 0.1) is 43.6 Å². The van der Waals surface area contributed by atoms with E-state index < -0.39 is 23.9 Å². The highest BCUT2D eigenvalue weighted by molar-refractivity contribution is 7.75. The Kier molecular flexibility index (Phi) is 8.86. The van der Waals surface area contributed by atoms with Gasteiger partial charge in [0.2, 0.25) is 0 Å². The van der Waals surface area contributed by atoms with E-state index in [1.165, 1.54) is 25.3 Å². The molecule has 1 N–H and O–H groups in total. The predicted octanol–water partition coefficient (Wildman–Crippen LogP) is 3.16. The lowest BCUT2D eigenvalue weighted by Gasteiger charge is -2.18. The maximum Gasteiger partial charge on any atom is 0.388 e. The van der Waals surface area contributed by atoms with Crippen molar-refractivity contribution < 1.29 is 32.8 Å². The van der Waals surface area contributed by atoms with Crippen molar-refractivity contribution in [3.05, 3.63) is 28.3 Å². The van der Waals surface area contributed by atoms with E-state index in [1.807, 2.05) is 0 Å². The molecule has 0 unspecified atom stereocenters. The molecule has 0 saturated carbocycles. The molecule has 11 nitrogen and oxygen atoms in total. The van der Waals surface area contributed by atoms with Crippen molar-refractivity contribution in [2.45, 2.75) is 20.8 Å². The first-order chi connectivity index (χ1) is 12.8. The maximum absolute atomic E-state index is 12.9. The molecule has 0 heterocycles. The Hall–Kier alpha value is -2.49. The zero-order chi connectivity index (χ0) is 20.4. The van der Waals surface area contributed by atoms with Gasteiger partial charge in [-0.2, -0.15) is 5.10 Å². The highest BCUT2D eigenvalue weighted by Gasteiger charge is 2.38. The normalized spacial score (nSPS) is 11.8. The molecule has 0 aliphatic carbocycles. The van der Waals surface area contributed by atoms with Crippen molar-refractivity contribution in [3.8, 4) is 5.75 Å². The van der Waals surface area contributed by atoms with E-state index in [9.17, 15) is 19.5 Å². The van der Waals surface area contributed by atoms with Gasteiger partial charge >= 0.3 is 13.6 Å². The monoisotopic (exact) mass is 403 g/mol. The second kappa shape index (κ2) is 10.6. The smallest absolute Gasteiger partial charge is 0.388 e. The number of esters is 1. The number of methoxy groups -OCH3 is 1. The van der Waals surface area contributed by atoms with Gasteiger partial charge in [0.1, 0.15) is 0 Å². The molecule has 0 fully saturated rings. The van der Waals surface area contributed by atoms with Gasteiger partial charge in [0.25, 0.3) is 11.1 Å². The van der Waals surface area contributed by atoms with Crippen LogP contribution in [0.4, 0.5) is 11.4 Å². The first-order valence-corrected chi connectivity index (χ1v) is 9.60. The lowest BCUT2D eigenvalue weighted by atomic mass is 10.2. The lowest BCUT2D eigenvalue weighted by molar-refractivity contribution is -0.384. The van der Waals surface area contributed by atoms with Crippen molar-refractivity contribution in [1.82, 2.24) is 0 Å². The van der Waals surface area contributed by atoms with E-state index in [4.69, 9.17) is 18.5 Å². The van der Waals surface area contributed by atoms with Crippen molar-refractivity contribution in [3.63, 3.8) is 0 Å². The summed E-state index contributed by atoms with van der Waals surface area (Å²) in [6, 6.07) is 3.72. The Morgan fingerprint density at radius 1 is 1.22 bits per heavy atom. The number of ether oxygens (including phenoxy) is 2. The number of nitro groups is 1. The molecule has 0 atom stereocenters. The minimum Gasteiger partial charge on any atom is -0.494 e. The van der Waals surface area contributed by atoms with Crippen LogP contribution in [0.2, 0.25) is 0 Å². The Morgan fingerprint density at radius 2 is 1.85 bits per heavy atom. The molecule has 150 valence electrons. The average Bonchev–Trinajstić information content (AvgIpc) is 2.62. The first kappa shape index (κ1) is 22.6. The summed E-state index contributed by atoms with van der Waals surface area (Å²) in [6.45, 7) is 4.79. The van der Waals surface area contributed by atoms with Crippen LogP contribution in [0.1, 0.15) is 20.8 Å². The number of nitrogens with one attached hydrogen (secondary N) is 1. The molecule has 0 spiro atoms. The van der Waals surface area contributed by atoms with Crippen molar-refractivity contribution in [2.75, 3.05) is 32.4 Å². The Balaban J connectivity index is 3.31. The maximum atomic E-state index is 12.9. The summed E-state index contributed by atoms with van der Waals surface area (Å²) in [5.74, 6) is -0.880. The van der Waals surface area contributed by atoms with Gasteiger partial charge in [0, 0.05) is 6.07 Å². The molecule has 0 saturated heterocycles. The molecule has 1 aromatic rings. The number of hydrazone groups is 1. The number of rotatable bonds is 11. The third kappa shape index (κ3) is 6.02. The van der Waals surface area contributed by atoms with E-state index in [1.54, 1.807) is 20.8 Å². The summed E-state index contributed by atoms with van der Waals surface area (Å²) in [6.07, 6.45) is 0. The van der Waals surface area contributed by atoms with Gasteiger partial charge in [-0.3, -0.25) is 20.1 Å². The van der Waals surface area contributed by atoms with Gasteiger partial charge in [-0.15, -0.1) is 0 Å². The molecule has 0 radical (unpaired) electrons. The van der Waals surface area contributed by atoms with E-state index in [-0.39, 0.29) is 36.9 Å². The zero-order valence-electron chi connectivity index (χ0n) is 15.5. The number of carbonyl (C=O) groups excluding carboxylic acids is 1. The topological polar surface area (TPSA) is 139 Å². The van der Waals surface area contributed by atoms with Gasteiger partial charge < -0.3 is 18.5 Å². The molecule has 0 aliphatic heterocycles. The summed E-state index contributed by atoms with van der Waals surface area (Å²) >= 11 is 0. The van der Waals surface area contributed by atoms with Gasteiger partial charge in [-0.25, -0.2) is 4.79 Å². The fourth-order valence-corrected chi connectivity index (χ4v) is 3.37. The SMILES string of the molecule is CCOC(=O)/C(=N\Nc1ccc([N+](=O)[O-])cc1OC)P(=O)(OCC)OCC. The van der Waals surface area contributed by atoms with Crippen LogP contribution < -0.4 is 10.2 Å². The summed E-state index contributed by atoms with van der Waals surface area (Å²) in [7, 11) is -2.73. The third-order valence-electron chi connectivity index (χ3n) is 2.99. The molecule has 12 heteroatoms. The second-order valence-corrected chi connectivity index (χ2v) is 6.68. The van der Waals surface area contributed by atoms with Crippen molar-refractivity contribution in [2.24, 2.45) is 5.10 Å². The van der Waals surface area contributed by atoms with Crippen LogP contribution >= 0.6 is 7.60 Å². The number of non-ortho nitro benzene ring substituents is 1. The highest BCUT2D eigenvalue weighted by Crippen LogP contribution is 2.50. The van der Waals surface area contributed by atoms with Crippen LogP contribution in [-0.4, -0.2) is 43.3 Å². The number of anilines is 1. The molecular weight excluding hydrogens is 381 g/mol. The first-order valence-electron chi connectivity index (χ1n) is 8.05. The van der Waals surface area contributed by atoms with Crippen LogP contribution in [0.5, 0.6) is 5.75 Å². The van der Waals surface area contributed by atoms with E-state index in [0.29, 0.717) is 0 Å². The summed E-state index contributed by atoms with van der Waals surface area (Å²) in [5.41, 5.74) is 1.93. The number of nitrogens with zero attached hydrogens (tertiary/aromatic N) is 2. The van der Waals surface area contributed by atoms with Gasteiger partial charge in [-0.05, 0) is 26.8 Å². The summed E-state index contributed by atoms with van der Waals surface area (Å²) < 4.78 is 33.1. The second-order valence-electron chi connectivity index (χ2n) is 4.74. The Bertz CT molecular complexity index is 743. The summed E-state index contributed by atoms with van der Waals surface area (Å²) in [5, 5.41) is 14.7. The van der Waals surface area contributed by atoms with E-state index in [2.05, 4.69) is 10.5 Å². The quantitative estimate of drug-likeness (QED) is 0.194. The number of hydrogen-bond donors (Lipinski definition) is 1. The van der Waals surface area contributed by atoms with Gasteiger partial charge in [0.15, 0.2) is 5.75 Å². The number of nitro benzene ring substituents is 1. The Morgan fingerprint density at radius 3 is 2.33 bits per heavy atom. The van der Waals surface area contributed by atoms with Crippen LogP contribution in [-0.2, 0) is 23.1 Å². The fraction of sp³-hybridized carbons (Fsp3) is 0.467. The zero-order valence-corrected chi connectivity index (χ0v) is 16.4. The molecule has 0 aromatic heterocycles. The largest absolute Gasteiger partial charge is 0.494 e. The third-order valence-corrected chi connectivity index (χ3v) is 4.99. The fourth-order valence-electron chi connectivity index (χ4n) is 1.91. The number of hydrogen-bond acceptors (Lipinski definition) is 10. The summed E-state index contributed by atoms with van der Waals surface area (Å²) in [4.78, 5) is 22.5. The molecule has 0 amide bonds. The van der Waals surface area contributed by atoms with Crippen LogP contribution in [0.25, 0.3) is 0 Å². The molecule has 0 aliphatic rings. The standard InChI is InChI=1S/C15H22N3O8P/c1-5-24-15(19)14(27(22,25-6-2)26-7-3)17-16-12-9-8-11(18(20)21)10-13(12)23-4/h8-10,16H,5-7H2,1-4H3/b17-14+. The van der Waals surface area contributed by atoms with Crippen molar-refractivity contribution >= 4 is 30.4 Å². The van der Waals surface area contributed by atoms with Gasteiger partial charge in [-0.1, -0.05) is 0 Å². The molecule has 1 aromatic carbocycles. The molecular formula is C15H22N3O8P. The predicted molar refractivity (Wildman–Crippen MR) is 98.2 cm³/mol. The van der Waals surface area contributed by atoms with Crippen LogP contribution in [0.3, 0.4) is 0 Å². The number of carbonyl (C=O) groups is 1. The van der Waals surface area contributed by atoms with Crippen LogP contribution in [0.15, 0.2) is 23.3 Å². The minimum absolute atomic E-state index is 0.0105. The minimum atomic E-state index is -4.04. The van der Waals surface area contributed by atoms with Crippen LogP contribution in [0, 0.1) is 10.1 Å².